The van der Waals surface area contributed by atoms with Crippen LogP contribution >= 0.6 is 0 Å². The standard InChI is InChI=1S/C11H15/c1-4-9(2)11-8-6-5-7-10(11)3/h5,7-9H,4H2,1-3H3. The largest absolute Gasteiger partial charge is 0.0648 e. The van der Waals surface area contributed by atoms with E-state index in [9.17, 15) is 0 Å². The topological polar surface area (TPSA) is 0 Å². The quantitative estimate of drug-likeness (QED) is 0.602. The van der Waals surface area contributed by atoms with Gasteiger partial charge in [-0.15, -0.1) is 0 Å². The van der Waals surface area contributed by atoms with Gasteiger partial charge >= 0.3 is 0 Å². The van der Waals surface area contributed by atoms with E-state index in [1.165, 1.54) is 17.5 Å². The van der Waals surface area contributed by atoms with Crippen LogP contribution in [0.3, 0.4) is 0 Å². The summed E-state index contributed by atoms with van der Waals surface area (Å²) in [5, 5.41) is 0. The van der Waals surface area contributed by atoms with Crippen LogP contribution < -0.4 is 0 Å². The Labute approximate surface area is 69.3 Å². The zero-order valence-corrected chi connectivity index (χ0v) is 7.52. The van der Waals surface area contributed by atoms with Gasteiger partial charge in [0.25, 0.3) is 0 Å². The summed E-state index contributed by atoms with van der Waals surface area (Å²) in [5.74, 6) is 0.674. The minimum Gasteiger partial charge on any atom is -0.0648 e. The van der Waals surface area contributed by atoms with Gasteiger partial charge in [-0.3, -0.25) is 0 Å². The van der Waals surface area contributed by atoms with Crippen LogP contribution in [-0.2, 0) is 0 Å². The van der Waals surface area contributed by atoms with Crippen LogP contribution in [0, 0.1) is 13.0 Å². The Hall–Kier alpha value is -0.780. The van der Waals surface area contributed by atoms with E-state index in [4.69, 9.17) is 0 Å². The smallest absolute Gasteiger partial charge is 0.0181 e. The highest BCUT2D eigenvalue weighted by Gasteiger charge is 2.03. The first kappa shape index (κ1) is 8.32. The summed E-state index contributed by atoms with van der Waals surface area (Å²) in [6, 6.07) is 9.32. The van der Waals surface area contributed by atoms with Gasteiger partial charge < -0.3 is 0 Å². The monoisotopic (exact) mass is 147 g/mol. The lowest BCUT2D eigenvalue weighted by atomic mass is 9.95. The minimum atomic E-state index is 0.674. The van der Waals surface area contributed by atoms with E-state index in [0.717, 1.165) is 0 Å². The van der Waals surface area contributed by atoms with Gasteiger partial charge in [-0.05, 0) is 36.5 Å². The molecule has 1 rings (SSSR count). The van der Waals surface area contributed by atoms with Crippen molar-refractivity contribution in [2.75, 3.05) is 0 Å². The number of rotatable bonds is 2. The van der Waals surface area contributed by atoms with Crippen molar-refractivity contribution in [2.45, 2.75) is 33.1 Å². The Morgan fingerprint density at radius 2 is 2.27 bits per heavy atom. The lowest BCUT2D eigenvalue weighted by molar-refractivity contribution is 0.728. The second-order valence-corrected chi connectivity index (χ2v) is 3.09. The maximum Gasteiger partial charge on any atom is -0.0181 e. The molecular formula is C11H15. The molecule has 1 unspecified atom stereocenters. The lowest BCUT2D eigenvalue weighted by Gasteiger charge is -2.10. The predicted molar refractivity (Wildman–Crippen MR) is 48.7 cm³/mol. The first-order valence-corrected chi connectivity index (χ1v) is 4.22. The Morgan fingerprint density at radius 3 is 2.82 bits per heavy atom. The van der Waals surface area contributed by atoms with Crippen molar-refractivity contribution in [1.29, 1.82) is 0 Å². The predicted octanol–water partition coefficient (Wildman–Crippen LogP) is 3.31. The molecule has 1 aromatic rings. The molecule has 1 aromatic carbocycles. The van der Waals surface area contributed by atoms with Gasteiger partial charge in [-0.2, -0.15) is 0 Å². The van der Waals surface area contributed by atoms with E-state index in [0.29, 0.717) is 5.92 Å². The van der Waals surface area contributed by atoms with Gasteiger partial charge in [0.05, 0.1) is 0 Å². The summed E-state index contributed by atoms with van der Waals surface area (Å²) in [6.07, 6.45) is 1.21. The first-order valence-electron chi connectivity index (χ1n) is 4.22. The molecule has 0 aromatic heterocycles. The van der Waals surface area contributed by atoms with Crippen LogP contribution in [0.25, 0.3) is 0 Å². The van der Waals surface area contributed by atoms with Gasteiger partial charge in [0.2, 0.25) is 0 Å². The molecule has 0 saturated carbocycles. The van der Waals surface area contributed by atoms with Crippen LogP contribution in [-0.4, -0.2) is 0 Å². The zero-order valence-electron chi connectivity index (χ0n) is 7.52. The molecule has 0 spiro atoms. The van der Waals surface area contributed by atoms with E-state index < -0.39 is 0 Å². The highest BCUT2D eigenvalue weighted by atomic mass is 14.1. The van der Waals surface area contributed by atoms with Gasteiger partial charge in [0, 0.05) is 0 Å². The van der Waals surface area contributed by atoms with Crippen molar-refractivity contribution in [3.63, 3.8) is 0 Å². The molecule has 11 heavy (non-hydrogen) atoms. The average molecular weight is 147 g/mol. The van der Waals surface area contributed by atoms with E-state index in [1.807, 2.05) is 6.07 Å². The van der Waals surface area contributed by atoms with Crippen LogP contribution in [0.15, 0.2) is 18.2 Å². The number of hydrogen-bond acceptors (Lipinski definition) is 0. The van der Waals surface area contributed by atoms with Gasteiger partial charge in [-0.25, -0.2) is 0 Å². The maximum atomic E-state index is 3.12. The molecule has 0 N–H and O–H groups in total. The fourth-order valence-corrected chi connectivity index (χ4v) is 1.27. The van der Waals surface area contributed by atoms with Crippen molar-refractivity contribution in [3.05, 3.63) is 35.4 Å². The Kier molecular flexibility index (Phi) is 2.70. The van der Waals surface area contributed by atoms with Crippen LogP contribution in [0.4, 0.5) is 0 Å². The maximum absolute atomic E-state index is 3.12. The Balaban J connectivity index is 2.93. The van der Waals surface area contributed by atoms with Crippen molar-refractivity contribution >= 4 is 0 Å². The van der Waals surface area contributed by atoms with Crippen molar-refractivity contribution in [1.82, 2.24) is 0 Å². The van der Waals surface area contributed by atoms with E-state index in [2.05, 4.69) is 39.0 Å². The first-order chi connectivity index (χ1) is 5.25. The molecule has 0 nitrogen and oxygen atoms in total. The fraction of sp³-hybridized carbons (Fsp3) is 0.455. The molecular weight excluding hydrogens is 132 g/mol. The number of aryl methyl sites for hydroxylation is 1. The molecule has 0 heterocycles. The Morgan fingerprint density at radius 1 is 1.55 bits per heavy atom. The van der Waals surface area contributed by atoms with Crippen molar-refractivity contribution in [3.8, 4) is 0 Å². The molecule has 0 aliphatic rings. The van der Waals surface area contributed by atoms with Crippen molar-refractivity contribution in [2.24, 2.45) is 0 Å². The summed E-state index contributed by atoms with van der Waals surface area (Å²) >= 11 is 0. The molecule has 0 amide bonds. The third kappa shape index (κ3) is 1.83. The second-order valence-electron chi connectivity index (χ2n) is 3.09. The molecule has 0 aliphatic heterocycles. The molecule has 0 bridgehead atoms. The third-order valence-electron chi connectivity index (χ3n) is 2.27. The highest BCUT2D eigenvalue weighted by Crippen LogP contribution is 2.20. The molecule has 0 fully saturated rings. The van der Waals surface area contributed by atoms with Crippen LogP contribution in [0.5, 0.6) is 0 Å². The molecule has 0 saturated heterocycles. The summed E-state index contributed by atoms with van der Waals surface area (Å²) in [6.45, 7) is 6.64. The zero-order chi connectivity index (χ0) is 8.27. The fourth-order valence-electron chi connectivity index (χ4n) is 1.27. The molecule has 0 heteroatoms. The highest BCUT2D eigenvalue weighted by molar-refractivity contribution is 5.27. The number of hydrogen-bond donors (Lipinski definition) is 0. The summed E-state index contributed by atoms with van der Waals surface area (Å²) in [5.41, 5.74) is 2.83. The van der Waals surface area contributed by atoms with Gasteiger partial charge in [0.1, 0.15) is 0 Å². The van der Waals surface area contributed by atoms with E-state index in [-0.39, 0.29) is 0 Å². The molecule has 0 aliphatic carbocycles. The lowest BCUT2D eigenvalue weighted by Crippen LogP contribution is -1.93. The van der Waals surface area contributed by atoms with Gasteiger partial charge in [-0.1, -0.05) is 32.0 Å². The van der Waals surface area contributed by atoms with Gasteiger partial charge in [0.15, 0.2) is 0 Å². The molecule has 1 radical (unpaired) electrons. The number of benzene rings is 1. The Bertz CT molecular complexity index is 225. The third-order valence-corrected chi connectivity index (χ3v) is 2.27. The average Bonchev–Trinajstić information content (AvgIpc) is 2.04. The summed E-state index contributed by atoms with van der Waals surface area (Å²) in [4.78, 5) is 0. The van der Waals surface area contributed by atoms with Crippen LogP contribution in [0.2, 0.25) is 0 Å². The summed E-state index contributed by atoms with van der Waals surface area (Å²) < 4.78 is 0. The normalized spacial score (nSPS) is 13.0. The van der Waals surface area contributed by atoms with E-state index in [1.54, 1.807) is 0 Å². The second kappa shape index (κ2) is 3.56. The minimum absolute atomic E-state index is 0.674. The van der Waals surface area contributed by atoms with Crippen LogP contribution in [0.1, 0.15) is 37.3 Å². The molecule has 1 atom stereocenters. The van der Waals surface area contributed by atoms with E-state index >= 15 is 0 Å². The summed E-state index contributed by atoms with van der Waals surface area (Å²) in [7, 11) is 0. The molecule has 59 valence electrons. The van der Waals surface area contributed by atoms with Crippen molar-refractivity contribution < 1.29 is 0 Å². The SMILES string of the molecule is CCC(C)c1c[c]ccc1C.